The zero-order valence-corrected chi connectivity index (χ0v) is 9.61. The van der Waals surface area contributed by atoms with Crippen LogP contribution in [0.15, 0.2) is 0 Å². The van der Waals surface area contributed by atoms with Crippen molar-refractivity contribution in [1.82, 2.24) is 4.90 Å². The van der Waals surface area contributed by atoms with Crippen molar-refractivity contribution >= 4 is 11.9 Å². The van der Waals surface area contributed by atoms with Crippen LogP contribution < -0.4 is 0 Å². The van der Waals surface area contributed by atoms with Crippen LogP contribution in [-0.2, 0) is 9.59 Å². The smallest absolute Gasteiger partial charge is 0.471 e. The van der Waals surface area contributed by atoms with E-state index in [4.69, 9.17) is 5.11 Å². The number of rotatable bonds is 1. The van der Waals surface area contributed by atoms with Gasteiger partial charge in [0.1, 0.15) is 0 Å². The summed E-state index contributed by atoms with van der Waals surface area (Å²) in [6.07, 6.45) is -3.38. The normalized spacial score (nSPS) is 32.2. The molecule has 3 atom stereocenters. The fraction of sp³-hybridized carbons (Fsp3) is 0.818. The van der Waals surface area contributed by atoms with Gasteiger partial charge in [-0.05, 0) is 31.1 Å². The lowest BCUT2D eigenvalue weighted by Crippen LogP contribution is -2.39. The summed E-state index contributed by atoms with van der Waals surface area (Å²) in [6.45, 7) is 0.141. The standard InChI is InChI=1S/C11H14F3NO3/c12-11(13,14)10(18)15-4-7-2-1-6(9(16)17)3-8(7)5-15/h6-8H,1-5H2,(H,16,17). The molecular weight excluding hydrogens is 251 g/mol. The van der Waals surface area contributed by atoms with Crippen molar-refractivity contribution in [3.63, 3.8) is 0 Å². The molecule has 0 spiro atoms. The van der Waals surface area contributed by atoms with Gasteiger partial charge in [-0.3, -0.25) is 9.59 Å². The van der Waals surface area contributed by atoms with E-state index in [1.807, 2.05) is 0 Å². The highest BCUT2D eigenvalue weighted by Crippen LogP contribution is 2.40. The van der Waals surface area contributed by atoms with Crippen LogP contribution in [0.2, 0.25) is 0 Å². The lowest BCUT2D eigenvalue weighted by Gasteiger charge is -2.27. The number of alkyl halides is 3. The highest BCUT2D eigenvalue weighted by Gasteiger charge is 2.48. The van der Waals surface area contributed by atoms with E-state index in [1.54, 1.807) is 0 Å². The average molecular weight is 265 g/mol. The molecule has 4 nitrogen and oxygen atoms in total. The molecule has 1 aliphatic carbocycles. The van der Waals surface area contributed by atoms with Crippen molar-refractivity contribution in [3.8, 4) is 0 Å². The maximum Gasteiger partial charge on any atom is 0.471 e. The number of likely N-dealkylation sites (tertiary alicyclic amines) is 1. The van der Waals surface area contributed by atoms with Gasteiger partial charge in [-0.1, -0.05) is 0 Å². The summed E-state index contributed by atoms with van der Waals surface area (Å²) >= 11 is 0. The van der Waals surface area contributed by atoms with E-state index in [9.17, 15) is 22.8 Å². The molecule has 1 saturated carbocycles. The zero-order chi connectivity index (χ0) is 13.5. The second kappa shape index (κ2) is 4.44. The van der Waals surface area contributed by atoms with Crippen LogP contribution in [0.25, 0.3) is 0 Å². The number of carboxylic acids is 1. The van der Waals surface area contributed by atoms with Crippen molar-refractivity contribution in [2.75, 3.05) is 13.1 Å². The third-order valence-electron chi connectivity index (χ3n) is 3.93. The molecule has 1 heterocycles. The minimum Gasteiger partial charge on any atom is -0.481 e. The van der Waals surface area contributed by atoms with E-state index in [0.29, 0.717) is 19.3 Å². The SMILES string of the molecule is O=C(O)C1CCC2CN(C(=O)C(F)(F)F)CC2C1. The molecule has 102 valence electrons. The molecule has 2 rings (SSSR count). The summed E-state index contributed by atoms with van der Waals surface area (Å²) in [5.41, 5.74) is 0. The summed E-state index contributed by atoms with van der Waals surface area (Å²) in [5, 5.41) is 8.90. The molecule has 2 aliphatic rings. The molecule has 18 heavy (non-hydrogen) atoms. The topological polar surface area (TPSA) is 57.6 Å². The number of aliphatic carboxylic acids is 1. The highest BCUT2D eigenvalue weighted by atomic mass is 19.4. The fourth-order valence-electron chi connectivity index (χ4n) is 3.00. The summed E-state index contributed by atoms with van der Waals surface area (Å²) < 4.78 is 36.9. The van der Waals surface area contributed by atoms with Crippen molar-refractivity contribution in [1.29, 1.82) is 0 Å². The summed E-state index contributed by atoms with van der Waals surface area (Å²) in [4.78, 5) is 22.8. The Morgan fingerprint density at radius 3 is 2.28 bits per heavy atom. The summed E-state index contributed by atoms with van der Waals surface area (Å²) in [7, 11) is 0. The first-order valence-electron chi connectivity index (χ1n) is 5.88. The van der Waals surface area contributed by atoms with E-state index in [2.05, 4.69) is 0 Å². The molecule has 1 saturated heterocycles. The van der Waals surface area contributed by atoms with E-state index in [-0.39, 0.29) is 24.9 Å². The molecule has 0 aromatic rings. The van der Waals surface area contributed by atoms with Gasteiger partial charge in [0, 0.05) is 13.1 Å². The van der Waals surface area contributed by atoms with Gasteiger partial charge in [0.15, 0.2) is 0 Å². The van der Waals surface area contributed by atoms with Gasteiger partial charge in [-0.2, -0.15) is 13.2 Å². The highest BCUT2D eigenvalue weighted by molar-refractivity contribution is 5.82. The van der Waals surface area contributed by atoms with Crippen LogP contribution in [0.1, 0.15) is 19.3 Å². The van der Waals surface area contributed by atoms with E-state index >= 15 is 0 Å². The first kappa shape index (κ1) is 13.2. The number of hydrogen-bond acceptors (Lipinski definition) is 2. The molecule has 7 heteroatoms. The monoisotopic (exact) mass is 265 g/mol. The number of carboxylic acid groups (broad SMARTS) is 1. The number of hydrogen-bond donors (Lipinski definition) is 1. The van der Waals surface area contributed by atoms with Gasteiger partial charge in [-0.15, -0.1) is 0 Å². The quantitative estimate of drug-likeness (QED) is 0.781. The predicted octanol–water partition coefficient (Wildman–Crippen LogP) is 1.51. The molecule has 1 amide bonds. The molecule has 0 aromatic heterocycles. The fourth-order valence-corrected chi connectivity index (χ4v) is 3.00. The molecule has 1 N–H and O–H groups in total. The second-order valence-corrected chi connectivity index (χ2v) is 5.08. The Morgan fingerprint density at radius 2 is 1.72 bits per heavy atom. The number of carbonyl (C=O) groups excluding carboxylic acids is 1. The Morgan fingerprint density at radius 1 is 1.11 bits per heavy atom. The predicted molar refractivity (Wildman–Crippen MR) is 54.6 cm³/mol. The first-order valence-corrected chi connectivity index (χ1v) is 5.88. The van der Waals surface area contributed by atoms with Crippen molar-refractivity contribution < 1.29 is 27.9 Å². The molecule has 0 radical (unpaired) electrons. The van der Waals surface area contributed by atoms with Crippen LogP contribution in [0.3, 0.4) is 0 Å². The maximum absolute atomic E-state index is 12.3. The molecule has 0 bridgehead atoms. The van der Waals surface area contributed by atoms with Gasteiger partial charge in [0.2, 0.25) is 0 Å². The minimum absolute atomic E-state index is 0.0203. The van der Waals surface area contributed by atoms with E-state index < -0.39 is 24.0 Å². The first-order chi connectivity index (χ1) is 8.29. The zero-order valence-electron chi connectivity index (χ0n) is 9.61. The third kappa shape index (κ3) is 2.44. The van der Waals surface area contributed by atoms with E-state index in [1.165, 1.54) is 0 Å². The van der Waals surface area contributed by atoms with Gasteiger partial charge >= 0.3 is 18.1 Å². The molecule has 1 aliphatic heterocycles. The number of nitrogens with zero attached hydrogens (tertiary/aromatic N) is 1. The minimum atomic E-state index is -4.83. The summed E-state index contributed by atoms with van der Waals surface area (Å²) in [6, 6.07) is 0. The van der Waals surface area contributed by atoms with Gasteiger partial charge < -0.3 is 10.0 Å². The van der Waals surface area contributed by atoms with Crippen LogP contribution in [-0.4, -0.2) is 41.1 Å². The molecular formula is C11H14F3NO3. The van der Waals surface area contributed by atoms with Crippen LogP contribution in [0.5, 0.6) is 0 Å². The Bertz CT molecular complexity index is 369. The Kier molecular flexibility index (Phi) is 3.25. The van der Waals surface area contributed by atoms with Crippen molar-refractivity contribution in [2.45, 2.75) is 25.4 Å². The summed E-state index contributed by atoms with van der Waals surface area (Å²) in [5.74, 6) is -3.26. The van der Waals surface area contributed by atoms with Crippen LogP contribution >= 0.6 is 0 Å². The average Bonchev–Trinajstić information content (AvgIpc) is 2.68. The molecule has 2 fully saturated rings. The third-order valence-corrected chi connectivity index (χ3v) is 3.93. The van der Waals surface area contributed by atoms with Crippen molar-refractivity contribution in [2.24, 2.45) is 17.8 Å². The lowest BCUT2D eigenvalue weighted by atomic mass is 9.76. The molecule has 3 unspecified atom stereocenters. The maximum atomic E-state index is 12.3. The van der Waals surface area contributed by atoms with Gasteiger partial charge in [0.25, 0.3) is 0 Å². The number of fused-ring (bicyclic) bond motifs is 1. The van der Waals surface area contributed by atoms with E-state index in [0.717, 1.165) is 4.90 Å². The number of carbonyl (C=O) groups is 2. The van der Waals surface area contributed by atoms with Crippen LogP contribution in [0.4, 0.5) is 13.2 Å². The lowest BCUT2D eigenvalue weighted by molar-refractivity contribution is -0.184. The van der Waals surface area contributed by atoms with Gasteiger partial charge in [0.05, 0.1) is 5.92 Å². The van der Waals surface area contributed by atoms with Crippen LogP contribution in [0, 0.1) is 17.8 Å². The second-order valence-electron chi connectivity index (χ2n) is 5.08. The van der Waals surface area contributed by atoms with Gasteiger partial charge in [-0.25, -0.2) is 0 Å². The van der Waals surface area contributed by atoms with Crippen molar-refractivity contribution in [3.05, 3.63) is 0 Å². The number of halogens is 3. The Balaban J connectivity index is 2.00. The largest absolute Gasteiger partial charge is 0.481 e. The number of amides is 1. The molecule has 0 aromatic carbocycles. The Labute approximate surface area is 102 Å². The Hall–Kier alpha value is -1.27.